The summed E-state index contributed by atoms with van der Waals surface area (Å²) < 4.78 is 4.92. The van der Waals surface area contributed by atoms with Gasteiger partial charge in [-0.2, -0.15) is 0 Å². The first-order valence-electron chi connectivity index (χ1n) is 16.5. The molecule has 1 aliphatic heterocycles. The summed E-state index contributed by atoms with van der Waals surface area (Å²) >= 11 is 1.86. The fourth-order valence-corrected chi connectivity index (χ4v) is 8.81. The van der Waals surface area contributed by atoms with E-state index >= 15 is 0 Å². The number of hydrogen-bond acceptors (Lipinski definition) is 3. The molecular weight excluding hydrogens is 617 g/mol. The summed E-state index contributed by atoms with van der Waals surface area (Å²) in [6.07, 6.45) is 0. The van der Waals surface area contributed by atoms with Crippen LogP contribution in [0.5, 0.6) is 0 Å². The lowest BCUT2D eigenvalue weighted by Crippen LogP contribution is -2.05. The summed E-state index contributed by atoms with van der Waals surface area (Å²) in [6, 6.07) is 56.3. The Kier molecular flexibility index (Phi) is 5.57. The molecule has 1 aliphatic rings. The molecule has 0 spiro atoms. The van der Waals surface area contributed by atoms with Crippen LogP contribution in [0, 0.1) is 0 Å². The normalized spacial score (nSPS) is 12.4. The SMILES string of the molecule is c1cc(-c2nc3ccccc3nc2-c2ccc3ccccc3c2)cc(-n2c3ccccc3c3c4cccc5c4n(c32)-c2ccccc2S5)c1. The first kappa shape index (κ1) is 26.9. The van der Waals surface area contributed by atoms with Crippen LogP contribution in [0.4, 0.5) is 0 Å². The van der Waals surface area contributed by atoms with Gasteiger partial charge in [-0.15, -0.1) is 0 Å². The summed E-state index contributed by atoms with van der Waals surface area (Å²) in [5, 5.41) is 6.19. The molecule has 0 saturated heterocycles. The Balaban J connectivity index is 1.21. The molecule has 0 bridgehead atoms. The minimum Gasteiger partial charge on any atom is -0.295 e. The number of aromatic nitrogens is 4. The van der Waals surface area contributed by atoms with E-state index < -0.39 is 0 Å². The second-order valence-electron chi connectivity index (χ2n) is 12.6. The minimum absolute atomic E-state index is 0.870. The number of para-hydroxylation sites is 5. The van der Waals surface area contributed by atoms with Crippen molar-refractivity contribution in [3.8, 4) is 33.9 Å². The van der Waals surface area contributed by atoms with E-state index in [-0.39, 0.29) is 0 Å². The highest BCUT2D eigenvalue weighted by Crippen LogP contribution is 2.49. The summed E-state index contributed by atoms with van der Waals surface area (Å²) in [5.41, 5.74) is 11.5. The topological polar surface area (TPSA) is 35.6 Å². The van der Waals surface area contributed by atoms with Crippen LogP contribution in [0.1, 0.15) is 0 Å². The average molecular weight is 643 g/mol. The van der Waals surface area contributed by atoms with Crippen LogP contribution in [-0.2, 0) is 0 Å². The fraction of sp³-hybridized carbons (Fsp3) is 0. The second kappa shape index (κ2) is 10.2. The molecule has 7 aromatic carbocycles. The number of benzene rings is 7. The zero-order chi connectivity index (χ0) is 32.1. The largest absolute Gasteiger partial charge is 0.295 e. The van der Waals surface area contributed by atoms with Crippen molar-refractivity contribution in [1.29, 1.82) is 0 Å². The van der Waals surface area contributed by atoms with Gasteiger partial charge in [0.1, 0.15) is 5.65 Å². The van der Waals surface area contributed by atoms with E-state index in [4.69, 9.17) is 9.97 Å². The monoisotopic (exact) mass is 642 g/mol. The van der Waals surface area contributed by atoms with Gasteiger partial charge in [-0.3, -0.25) is 9.13 Å². The predicted molar refractivity (Wildman–Crippen MR) is 203 cm³/mol. The Morgan fingerprint density at radius 1 is 0.469 bits per heavy atom. The third kappa shape index (κ3) is 3.88. The van der Waals surface area contributed by atoms with Gasteiger partial charge in [-0.1, -0.05) is 115 Å². The van der Waals surface area contributed by atoms with E-state index in [1.54, 1.807) is 0 Å². The lowest BCUT2D eigenvalue weighted by atomic mass is 10.00. The molecule has 0 unspecified atom stereocenters. The van der Waals surface area contributed by atoms with Gasteiger partial charge in [-0.05, 0) is 65.4 Å². The van der Waals surface area contributed by atoms with Gasteiger partial charge in [0.2, 0.25) is 0 Å². The number of nitrogens with zero attached hydrogens (tertiary/aromatic N) is 4. The highest BCUT2D eigenvalue weighted by molar-refractivity contribution is 7.99. The maximum atomic E-state index is 5.29. The van der Waals surface area contributed by atoms with Crippen LogP contribution >= 0.6 is 11.8 Å². The molecule has 0 aliphatic carbocycles. The van der Waals surface area contributed by atoms with Crippen molar-refractivity contribution >= 4 is 66.4 Å². The van der Waals surface area contributed by atoms with Gasteiger partial charge >= 0.3 is 0 Å². The van der Waals surface area contributed by atoms with Crippen molar-refractivity contribution in [1.82, 2.24) is 19.1 Å². The summed E-state index contributed by atoms with van der Waals surface area (Å²) in [5.74, 6) is 0. The van der Waals surface area contributed by atoms with Gasteiger partial charge in [0.15, 0.2) is 0 Å². The molecule has 3 aromatic heterocycles. The molecule has 0 amide bonds. The van der Waals surface area contributed by atoms with Crippen LogP contribution < -0.4 is 0 Å². The highest BCUT2D eigenvalue weighted by Gasteiger charge is 2.27. The van der Waals surface area contributed by atoms with E-state index in [2.05, 4.69) is 143 Å². The van der Waals surface area contributed by atoms with Crippen LogP contribution in [0.15, 0.2) is 168 Å². The summed E-state index contributed by atoms with van der Waals surface area (Å²) in [6.45, 7) is 0. The van der Waals surface area contributed by atoms with Crippen LogP contribution in [0.3, 0.4) is 0 Å². The van der Waals surface area contributed by atoms with Gasteiger partial charge in [0, 0.05) is 42.8 Å². The molecule has 0 atom stereocenters. The van der Waals surface area contributed by atoms with Gasteiger partial charge < -0.3 is 0 Å². The van der Waals surface area contributed by atoms with E-state index in [0.717, 1.165) is 39.2 Å². The third-order valence-corrected chi connectivity index (χ3v) is 11.0. The van der Waals surface area contributed by atoms with Gasteiger partial charge in [0.25, 0.3) is 0 Å². The van der Waals surface area contributed by atoms with E-state index in [1.807, 2.05) is 36.0 Å². The lowest BCUT2D eigenvalue weighted by Gasteiger charge is -2.21. The highest BCUT2D eigenvalue weighted by atomic mass is 32.2. The molecule has 10 aromatic rings. The van der Waals surface area contributed by atoms with Crippen molar-refractivity contribution < 1.29 is 0 Å². The van der Waals surface area contributed by atoms with E-state index in [1.165, 1.54) is 59.1 Å². The molecular formula is C44H26N4S. The van der Waals surface area contributed by atoms with Gasteiger partial charge in [0.05, 0.1) is 39.1 Å². The third-order valence-electron chi connectivity index (χ3n) is 9.85. The first-order valence-corrected chi connectivity index (χ1v) is 17.3. The lowest BCUT2D eigenvalue weighted by molar-refractivity contribution is 1.03. The Morgan fingerprint density at radius 3 is 2.02 bits per heavy atom. The fourth-order valence-electron chi connectivity index (χ4n) is 7.72. The van der Waals surface area contributed by atoms with Crippen LogP contribution in [-0.4, -0.2) is 19.1 Å². The molecule has 0 saturated carbocycles. The molecule has 228 valence electrons. The zero-order valence-corrected chi connectivity index (χ0v) is 27.0. The smallest absolute Gasteiger partial charge is 0.131 e. The van der Waals surface area contributed by atoms with Crippen molar-refractivity contribution in [2.45, 2.75) is 9.79 Å². The van der Waals surface area contributed by atoms with Crippen LogP contribution in [0.25, 0.3) is 88.5 Å². The van der Waals surface area contributed by atoms with E-state index in [0.29, 0.717) is 0 Å². The Hall–Kier alpha value is -6.17. The van der Waals surface area contributed by atoms with Crippen LogP contribution in [0.2, 0.25) is 0 Å². The molecule has 5 heteroatoms. The Labute approximate surface area is 285 Å². The predicted octanol–water partition coefficient (Wildman–Crippen LogP) is 11.6. The quantitative estimate of drug-likeness (QED) is 0.192. The molecule has 0 fully saturated rings. The van der Waals surface area contributed by atoms with Crippen molar-refractivity contribution in [3.63, 3.8) is 0 Å². The van der Waals surface area contributed by atoms with Crippen molar-refractivity contribution in [2.24, 2.45) is 0 Å². The van der Waals surface area contributed by atoms with Crippen molar-refractivity contribution in [2.75, 3.05) is 0 Å². The molecule has 49 heavy (non-hydrogen) atoms. The van der Waals surface area contributed by atoms with E-state index in [9.17, 15) is 0 Å². The average Bonchev–Trinajstić information content (AvgIpc) is 3.68. The molecule has 0 radical (unpaired) electrons. The van der Waals surface area contributed by atoms with Crippen molar-refractivity contribution in [3.05, 3.63) is 158 Å². The molecule has 0 N–H and O–H groups in total. The summed E-state index contributed by atoms with van der Waals surface area (Å²) in [4.78, 5) is 13.1. The maximum absolute atomic E-state index is 5.29. The number of hydrogen-bond donors (Lipinski definition) is 0. The molecule has 11 rings (SSSR count). The maximum Gasteiger partial charge on any atom is 0.131 e. The number of fused-ring (bicyclic) bond motifs is 9. The standard InChI is InChI=1S/C44H26N4S/c1-2-12-28-25-30(24-23-27(28)11-1)42-41(45-34-17-4-5-18-35(34)46-42)29-13-9-14-31(26-29)47-36-19-6-3-15-32(36)40-33-16-10-22-39-43(33)48(44(40)47)37-20-7-8-21-38(37)49-39/h1-26H. The zero-order valence-electron chi connectivity index (χ0n) is 26.2. The summed E-state index contributed by atoms with van der Waals surface area (Å²) in [7, 11) is 0. The minimum atomic E-state index is 0.870. The van der Waals surface area contributed by atoms with Gasteiger partial charge in [-0.25, -0.2) is 9.97 Å². The molecule has 4 nitrogen and oxygen atoms in total. The Bertz CT molecular complexity index is 2990. The molecule has 4 heterocycles. The number of rotatable bonds is 3. The Morgan fingerprint density at radius 2 is 1.14 bits per heavy atom. The second-order valence-corrected chi connectivity index (χ2v) is 13.7. The first-order chi connectivity index (χ1) is 24.3.